The molecule has 0 fully saturated rings. The molecule has 0 unspecified atom stereocenters. The van der Waals surface area contributed by atoms with Crippen LogP contribution in [0.3, 0.4) is 0 Å². The lowest BCUT2D eigenvalue weighted by Gasteiger charge is -2.15. The van der Waals surface area contributed by atoms with Gasteiger partial charge in [-0.1, -0.05) is 24.3 Å². The van der Waals surface area contributed by atoms with Crippen LogP contribution in [-0.2, 0) is 6.61 Å². The number of hydrogen-bond donors (Lipinski definition) is 1. The van der Waals surface area contributed by atoms with E-state index >= 15 is 0 Å². The predicted octanol–water partition coefficient (Wildman–Crippen LogP) is 3.78. The van der Waals surface area contributed by atoms with Crippen molar-refractivity contribution in [1.29, 1.82) is 0 Å². The normalized spacial score (nSPS) is 12.0. The van der Waals surface area contributed by atoms with Crippen molar-refractivity contribution in [2.45, 2.75) is 26.6 Å². The molecule has 0 aromatic heterocycles. The third-order valence-corrected chi connectivity index (χ3v) is 3.27. The average molecular weight is 290 g/mol. The summed E-state index contributed by atoms with van der Waals surface area (Å²) in [5, 5.41) is 9.76. The Morgan fingerprint density at radius 1 is 1.19 bits per heavy atom. The lowest BCUT2D eigenvalue weighted by Crippen LogP contribution is -2.03. The fourth-order valence-corrected chi connectivity index (χ4v) is 2.09. The average Bonchev–Trinajstić information content (AvgIpc) is 2.46. The number of aliphatic hydroxyl groups is 1. The van der Waals surface area contributed by atoms with Gasteiger partial charge in [0.05, 0.1) is 13.2 Å². The first kappa shape index (κ1) is 15.3. The summed E-state index contributed by atoms with van der Waals surface area (Å²) in [4.78, 5) is 0. The molecule has 0 amide bonds. The second-order valence-electron chi connectivity index (χ2n) is 4.94. The molecular formula is C17H19FO3. The number of methoxy groups -OCH3 is 1. The molecule has 2 aromatic rings. The monoisotopic (exact) mass is 290 g/mol. The Hall–Kier alpha value is -2.07. The molecule has 0 saturated carbocycles. The Balaban J connectivity index is 2.22. The third kappa shape index (κ3) is 3.52. The van der Waals surface area contributed by atoms with Crippen LogP contribution >= 0.6 is 0 Å². The molecule has 0 aliphatic rings. The van der Waals surface area contributed by atoms with E-state index in [4.69, 9.17) is 9.47 Å². The van der Waals surface area contributed by atoms with E-state index in [1.54, 1.807) is 25.1 Å². The lowest BCUT2D eigenvalue weighted by molar-refractivity contribution is 0.189. The van der Waals surface area contributed by atoms with Crippen LogP contribution < -0.4 is 9.47 Å². The standard InChI is InChI=1S/C17H19FO3/c1-11-7-8-14(12(2)19)16(9-11)21-10-13-5-4-6-15(20-3)17(13)18/h4-9,12,19H,10H2,1-3H3/t12-/m0/s1. The number of halogens is 1. The van der Waals surface area contributed by atoms with Gasteiger partial charge in [-0.2, -0.15) is 0 Å². The van der Waals surface area contributed by atoms with Gasteiger partial charge in [-0.05, 0) is 31.5 Å². The fraction of sp³-hybridized carbons (Fsp3) is 0.294. The minimum atomic E-state index is -0.643. The lowest BCUT2D eigenvalue weighted by atomic mass is 10.1. The summed E-state index contributed by atoms with van der Waals surface area (Å²) < 4.78 is 24.7. The highest BCUT2D eigenvalue weighted by atomic mass is 19.1. The van der Waals surface area contributed by atoms with Gasteiger partial charge < -0.3 is 14.6 Å². The number of benzene rings is 2. The Kier molecular flexibility index (Phi) is 4.81. The van der Waals surface area contributed by atoms with Gasteiger partial charge in [0.15, 0.2) is 11.6 Å². The molecule has 0 saturated heterocycles. The highest BCUT2D eigenvalue weighted by molar-refractivity contribution is 5.39. The molecule has 0 aliphatic carbocycles. The highest BCUT2D eigenvalue weighted by Gasteiger charge is 2.12. The molecule has 4 heteroatoms. The molecule has 0 aliphatic heterocycles. The summed E-state index contributed by atoms with van der Waals surface area (Å²) in [6, 6.07) is 10.5. The van der Waals surface area contributed by atoms with Gasteiger partial charge in [0.1, 0.15) is 12.4 Å². The minimum Gasteiger partial charge on any atom is -0.494 e. The number of hydrogen-bond acceptors (Lipinski definition) is 3. The van der Waals surface area contributed by atoms with Gasteiger partial charge in [-0.15, -0.1) is 0 Å². The van der Waals surface area contributed by atoms with Crippen molar-refractivity contribution in [3.63, 3.8) is 0 Å². The van der Waals surface area contributed by atoms with Gasteiger partial charge in [0.2, 0.25) is 0 Å². The molecule has 1 N–H and O–H groups in total. The summed E-state index contributed by atoms with van der Waals surface area (Å²) in [6.07, 6.45) is -0.643. The first-order valence-electron chi connectivity index (χ1n) is 6.75. The zero-order chi connectivity index (χ0) is 15.4. The smallest absolute Gasteiger partial charge is 0.171 e. The minimum absolute atomic E-state index is 0.0756. The van der Waals surface area contributed by atoms with E-state index in [1.165, 1.54) is 7.11 Å². The Morgan fingerprint density at radius 2 is 1.95 bits per heavy atom. The molecule has 0 heterocycles. The van der Waals surface area contributed by atoms with Gasteiger partial charge >= 0.3 is 0 Å². The third-order valence-electron chi connectivity index (χ3n) is 3.27. The van der Waals surface area contributed by atoms with Crippen molar-refractivity contribution in [2.75, 3.05) is 7.11 Å². The van der Waals surface area contributed by atoms with Crippen molar-refractivity contribution in [2.24, 2.45) is 0 Å². The Morgan fingerprint density at radius 3 is 2.62 bits per heavy atom. The van der Waals surface area contributed by atoms with E-state index < -0.39 is 11.9 Å². The van der Waals surface area contributed by atoms with E-state index in [-0.39, 0.29) is 12.4 Å². The van der Waals surface area contributed by atoms with Crippen LogP contribution in [0.25, 0.3) is 0 Å². The van der Waals surface area contributed by atoms with Gasteiger partial charge in [-0.3, -0.25) is 0 Å². The summed E-state index contributed by atoms with van der Waals surface area (Å²) in [5.74, 6) is 0.328. The number of rotatable bonds is 5. The molecule has 21 heavy (non-hydrogen) atoms. The van der Waals surface area contributed by atoms with E-state index in [1.807, 2.05) is 25.1 Å². The molecule has 3 nitrogen and oxygen atoms in total. The van der Waals surface area contributed by atoms with Crippen molar-refractivity contribution < 1.29 is 19.0 Å². The first-order valence-corrected chi connectivity index (χ1v) is 6.75. The second kappa shape index (κ2) is 6.59. The molecule has 0 bridgehead atoms. The largest absolute Gasteiger partial charge is 0.494 e. The molecule has 112 valence electrons. The zero-order valence-electron chi connectivity index (χ0n) is 12.4. The van der Waals surface area contributed by atoms with E-state index in [0.717, 1.165) is 5.56 Å². The van der Waals surface area contributed by atoms with Crippen molar-refractivity contribution in [3.05, 3.63) is 58.9 Å². The highest BCUT2D eigenvalue weighted by Crippen LogP contribution is 2.28. The zero-order valence-corrected chi connectivity index (χ0v) is 12.4. The molecule has 2 rings (SSSR count). The van der Waals surface area contributed by atoms with Crippen LogP contribution in [0.5, 0.6) is 11.5 Å². The summed E-state index contributed by atoms with van der Waals surface area (Å²) in [6.45, 7) is 3.68. The topological polar surface area (TPSA) is 38.7 Å². The summed E-state index contributed by atoms with van der Waals surface area (Å²) in [7, 11) is 1.43. The Labute approximate surface area is 124 Å². The summed E-state index contributed by atoms with van der Waals surface area (Å²) in [5.41, 5.74) is 2.11. The Bertz CT molecular complexity index is 623. The maximum atomic E-state index is 14.1. The van der Waals surface area contributed by atoms with Gasteiger partial charge in [-0.25, -0.2) is 4.39 Å². The SMILES string of the molecule is COc1cccc(COc2cc(C)ccc2[C@H](C)O)c1F. The molecular weight excluding hydrogens is 271 g/mol. The van der Waals surface area contributed by atoms with Crippen LogP contribution in [0, 0.1) is 12.7 Å². The quantitative estimate of drug-likeness (QED) is 0.911. The van der Waals surface area contributed by atoms with Crippen molar-refractivity contribution in [1.82, 2.24) is 0 Å². The van der Waals surface area contributed by atoms with E-state index in [2.05, 4.69) is 0 Å². The van der Waals surface area contributed by atoms with Crippen LogP contribution in [0.15, 0.2) is 36.4 Å². The van der Waals surface area contributed by atoms with Crippen LogP contribution in [0.4, 0.5) is 4.39 Å². The van der Waals surface area contributed by atoms with Crippen LogP contribution in [0.2, 0.25) is 0 Å². The maximum Gasteiger partial charge on any atom is 0.171 e. The van der Waals surface area contributed by atoms with Crippen molar-refractivity contribution in [3.8, 4) is 11.5 Å². The number of ether oxygens (including phenoxy) is 2. The number of aryl methyl sites for hydroxylation is 1. The van der Waals surface area contributed by atoms with Crippen LogP contribution in [0.1, 0.15) is 29.7 Å². The van der Waals surface area contributed by atoms with E-state index in [9.17, 15) is 9.50 Å². The predicted molar refractivity (Wildman–Crippen MR) is 79.1 cm³/mol. The molecule has 2 aromatic carbocycles. The van der Waals surface area contributed by atoms with Crippen molar-refractivity contribution >= 4 is 0 Å². The van der Waals surface area contributed by atoms with Crippen LogP contribution in [-0.4, -0.2) is 12.2 Å². The maximum absolute atomic E-state index is 14.1. The second-order valence-corrected chi connectivity index (χ2v) is 4.94. The fourth-order valence-electron chi connectivity index (χ4n) is 2.09. The summed E-state index contributed by atoms with van der Waals surface area (Å²) >= 11 is 0. The molecule has 0 radical (unpaired) electrons. The van der Waals surface area contributed by atoms with Gasteiger partial charge in [0.25, 0.3) is 0 Å². The van der Waals surface area contributed by atoms with E-state index in [0.29, 0.717) is 16.9 Å². The number of aliphatic hydroxyl groups excluding tert-OH is 1. The molecule has 1 atom stereocenters. The first-order chi connectivity index (χ1) is 10.0. The van der Waals surface area contributed by atoms with Gasteiger partial charge in [0, 0.05) is 11.1 Å². The molecule has 0 spiro atoms.